The van der Waals surface area contributed by atoms with Gasteiger partial charge in [0.2, 0.25) is 11.7 Å². The normalized spacial score (nSPS) is 12.3. The van der Waals surface area contributed by atoms with Crippen LogP contribution in [0.5, 0.6) is 0 Å². The topological polar surface area (TPSA) is 130 Å². The minimum absolute atomic E-state index is 0.0609. The lowest BCUT2D eigenvalue weighted by molar-refractivity contribution is -0.138. The van der Waals surface area contributed by atoms with Gasteiger partial charge in [0.25, 0.3) is 11.8 Å². The van der Waals surface area contributed by atoms with Gasteiger partial charge in [0.15, 0.2) is 0 Å². The molecular weight excluding hydrogens is 480 g/mol. The third-order valence-corrected chi connectivity index (χ3v) is 6.07. The number of rotatable bonds is 12. The molecule has 0 aliphatic carbocycles. The molecule has 0 bridgehead atoms. The number of nitrogens with one attached hydrogen (secondary N) is 3. The molecule has 0 aliphatic heterocycles. The van der Waals surface area contributed by atoms with Gasteiger partial charge in [-0.25, -0.2) is 0 Å². The molecule has 0 spiro atoms. The molecule has 0 aromatic heterocycles. The molecule has 0 aliphatic rings. The van der Waals surface area contributed by atoms with Crippen molar-refractivity contribution >= 4 is 34.9 Å². The molecule has 0 heterocycles. The number of hydrogen-bond acceptors (Lipinski definition) is 5. The first-order chi connectivity index (χ1) is 18.2. The van der Waals surface area contributed by atoms with Crippen molar-refractivity contribution in [3.63, 3.8) is 0 Å². The Morgan fingerprint density at radius 1 is 0.763 bits per heavy atom. The highest BCUT2D eigenvalue weighted by molar-refractivity contribution is 6.38. The molecule has 0 saturated heterocycles. The van der Waals surface area contributed by atoms with Crippen LogP contribution >= 0.6 is 0 Å². The third-order valence-electron chi connectivity index (χ3n) is 6.07. The zero-order chi connectivity index (χ0) is 27.7. The summed E-state index contributed by atoms with van der Waals surface area (Å²) in [6, 6.07) is 21.7. The summed E-state index contributed by atoms with van der Waals surface area (Å²) in [4.78, 5) is 50.9. The van der Waals surface area contributed by atoms with E-state index in [2.05, 4.69) is 16.0 Å². The van der Waals surface area contributed by atoms with Gasteiger partial charge in [-0.1, -0.05) is 74.5 Å². The van der Waals surface area contributed by atoms with Crippen LogP contribution in [0.25, 0.3) is 0 Å². The largest absolute Gasteiger partial charge is 0.363 e. The second-order valence-electron chi connectivity index (χ2n) is 9.62. The summed E-state index contributed by atoms with van der Waals surface area (Å²) in [5.74, 6) is -2.97. The van der Waals surface area contributed by atoms with E-state index in [9.17, 15) is 19.2 Å². The summed E-state index contributed by atoms with van der Waals surface area (Å²) in [7, 11) is 0. The highest BCUT2D eigenvalue weighted by atomic mass is 16.2. The lowest BCUT2D eigenvalue weighted by Crippen LogP contribution is -2.54. The zero-order valence-corrected chi connectivity index (χ0v) is 21.9. The average molecular weight is 515 g/mol. The molecule has 3 aromatic carbocycles. The minimum atomic E-state index is -1.15. The fourth-order valence-electron chi connectivity index (χ4n) is 4.09. The van der Waals surface area contributed by atoms with Crippen molar-refractivity contribution < 1.29 is 19.2 Å². The fraction of sp³-hybridized carbons (Fsp3) is 0.267. The summed E-state index contributed by atoms with van der Waals surface area (Å²) < 4.78 is 0. The second kappa shape index (κ2) is 13.2. The summed E-state index contributed by atoms with van der Waals surface area (Å²) in [6.45, 7) is 5.82. The molecule has 8 heteroatoms. The van der Waals surface area contributed by atoms with Gasteiger partial charge in [-0.3, -0.25) is 19.2 Å². The maximum atomic E-state index is 13.4. The molecule has 2 atom stereocenters. The van der Waals surface area contributed by atoms with Gasteiger partial charge in [0.05, 0.1) is 11.3 Å². The molecule has 3 rings (SSSR count). The third kappa shape index (κ3) is 7.77. The molecule has 3 amide bonds. The van der Waals surface area contributed by atoms with E-state index < -0.39 is 35.6 Å². The maximum absolute atomic E-state index is 13.4. The van der Waals surface area contributed by atoms with Gasteiger partial charge in [-0.2, -0.15) is 0 Å². The number of hydrogen-bond donors (Lipinski definition) is 4. The van der Waals surface area contributed by atoms with E-state index in [1.807, 2.05) is 57.2 Å². The Bertz CT molecular complexity index is 1290. The number of para-hydroxylation sites is 2. The van der Waals surface area contributed by atoms with Crippen LogP contribution in [-0.4, -0.2) is 35.6 Å². The van der Waals surface area contributed by atoms with Gasteiger partial charge in [0.1, 0.15) is 12.1 Å². The molecule has 0 unspecified atom stereocenters. The van der Waals surface area contributed by atoms with Crippen molar-refractivity contribution in [3.05, 3.63) is 95.6 Å². The number of carbonyl (C=O) groups excluding carboxylic acids is 4. The number of ketones is 1. The summed E-state index contributed by atoms with van der Waals surface area (Å²) >= 11 is 0. The smallest absolute Gasteiger partial charge is 0.287 e. The monoisotopic (exact) mass is 514 g/mol. The van der Waals surface area contributed by atoms with E-state index in [4.69, 9.17) is 5.73 Å². The maximum Gasteiger partial charge on any atom is 0.287 e. The summed E-state index contributed by atoms with van der Waals surface area (Å²) in [5.41, 5.74) is 8.85. The first-order valence-electron chi connectivity index (χ1n) is 12.6. The van der Waals surface area contributed by atoms with Gasteiger partial charge < -0.3 is 21.7 Å². The van der Waals surface area contributed by atoms with Crippen LogP contribution in [0, 0.1) is 12.8 Å². The number of Topliss-reactive ketones (excluding diaryl/α,β-unsaturated/α-hetero) is 1. The average Bonchev–Trinajstić information content (AvgIpc) is 2.89. The van der Waals surface area contributed by atoms with Crippen LogP contribution in [0.15, 0.2) is 78.9 Å². The van der Waals surface area contributed by atoms with Crippen LogP contribution in [0.1, 0.15) is 41.8 Å². The molecule has 8 nitrogen and oxygen atoms in total. The van der Waals surface area contributed by atoms with Crippen LogP contribution < -0.4 is 21.7 Å². The molecule has 0 saturated carbocycles. The number of nitrogens with two attached hydrogens (primary N) is 1. The number of primary amides is 1. The van der Waals surface area contributed by atoms with E-state index in [1.54, 1.807) is 42.5 Å². The van der Waals surface area contributed by atoms with Crippen LogP contribution in [0.2, 0.25) is 0 Å². The van der Waals surface area contributed by atoms with Crippen molar-refractivity contribution in [1.82, 2.24) is 10.6 Å². The van der Waals surface area contributed by atoms with E-state index >= 15 is 0 Å². The van der Waals surface area contributed by atoms with Crippen molar-refractivity contribution in [2.24, 2.45) is 11.7 Å². The molecule has 0 radical (unpaired) electrons. The van der Waals surface area contributed by atoms with E-state index in [-0.39, 0.29) is 12.3 Å². The predicted molar refractivity (Wildman–Crippen MR) is 148 cm³/mol. The van der Waals surface area contributed by atoms with Crippen LogP contribution in [0.3, 0.4) is 0 Å². The fourth-order valence-corrected chi connectivity index (χ4v) is 4.09. The summed E-state index contributed by atoms with van der Waals surface area (Å²) in [5, 5.41) is 8.77. The Hall–Kier alpha value is -4.46. The lowest BCUT2D eigenvalue weighted by atomic mass is 9.99. The molecule has 198 valence electrons. The quantitative estimate of drug-likeness (QED) is 0.274. The summed E-state index contributed by atoms with van der Waals surface area (Å²) in [6.07, 6.45) is 0.424. The molecule has 3 aromatic rings. The van der Waals surface area contributed by atoms with Crippen molar-refractivity contribution in [3.8, 4) is 0 Å². The standard InChI is InChI=1S/C30H34N4O4/c1-19(2)17-26(30(38)33-25(27(35)28(31)36)18-21-12-5-4-6-13-21)34-29(37)22-14-8-10-16-24(22)32-23-15-9-7-11-20(23)3/h4-16,19,25-26,32H,17-18H2,1-3H3,(H2,31,36)(H,33,38)(H,34,37)/t25-,26-/m0/s1. The number of carbonyl (C=O) groups is 4. The molecular formula is C30H34N4O4. The number of aryl methyl sites for hydroxylation is 1. The van der Waals surface area contributed by atoms with Crippen molar-refractivity contribution in [1.29, 1.82) is 0 Å². The Balaban J connectivity index is 1.81. The Morgan fingerprint density at radius 2 is 1.37 bits per heavy atom. The van der Waals surface area contributed by atoms with Crippen molar-refractivity contribution in [2.75, 3.05) is 5.32 Å². The lowest BCUT2D eigenvalue weighted by Gasteiger charge is -2.24. The number of benzene rings is 3. The Morgan fingerprint density at radius 3 is 2.00 bits per heavy atom. The molecule has 5 N–H and O–H groups in total. The Labute approximate surface area is 223 Å². The predicted octanol–water partition coefficient (Wildman–Crippen LogP) is 3.67. The number of anilines is 2. The SMILES string of the molecule is Cc1ccccc1Nc1ccccc1C(=O)N[C@@H](CC(C)C)C(=O)N[C@@H](Cc1ccccc1)C(=O)C(N)=O. The van der Waals surface area contributed by atoms with Crippen LogP contribution in [0.4, 0.5) is 11.4 Å². The second-order valence-corrected chi connectivity index (χ2v) is 9.62. The minimum Gasteiger partial charge on any atom is -0.363 e. The van der Waals surface area contributed by atoms with Crippen molar-refractivity contribution in [2.45, 2.75) is 45.7 Å². The van der Waals surface area contributed by atoms with Crippen LogP contribution in [-0.2, 0) is 20.8 Å². The van der Waals surface area contributed by atoms with Gasteiger partial charge in [0, 0.05) is 12.1 Å². The van der Waals surface area contributed by atoms with Gasteiger partial charge in [-0.15, -0.1) is 0 Å². The zero-order valence-electron chi connectivity index (χ0n) is 21.9. The highest BCUT2D eigenvalue weighted by Gasteiger charge is 2.30. The van der Waals surface area contributed by atoms with E-state index in [0.29, 0.717) is 17.7 Å². The van der Waals surface area contributed by atoms with Gasteiger partial charge >= 0.3 is 0 Å². The Kier molecular flexibility index (Phi) is 9.76. The highest BCUT2D eigenvalue weighted by Crippen LogP contribution is 2.23. The van der Waals surface area contributed by atoms with E-state index in [0.717, 1.165) is 16.8 Å². The molecule has 0 fully saturated rings. The first kappa shape index (κ1) is 28.1. The first-order valence-corrected chi connectivity index (χ1v) is 12.6. The number of amides is 3. The van der Waals surface area contributed by atoms with Gasteiger partial charge in [-0.05, 0) is 48.6 Å². The molecule has 38 heavy (non-hydrogen) atoms. The van der Waals surface area contributed by atoms with E-state index in [1.165, 1.54) is 0 Å².